The first kappa shape index (κ1) is 17.0. The predicted octanol–water partition coefficient (Wildman–Crippen LogP) is 5.08. The molecule has 0 aliphatic carbocycles. The second-order valence-electron chi connectivity index (χ2n) is 5.64. The molecule has 2 rings (SSSR count). The van der Waals surface area contributed by atoms with Crippen LogP contribution < -0.4 is 5.32 Å². The standard InChI is InChI=1S/C21H25NO/c1-2-3-4-11-16-22-20(18-12-7-5-8-13-18)17-21(23)19-14-9-6-10-15-19/h5-10,12-15,17,22H,2-4,11,16H2,1H3/b20-17-. The summed E-state index contributed by atoms with van der Waals surface area (Å²) in [6.45, 7) is 3.10. The van der Waals surface area contributed by atoms with Crippen molar-refractivity contribution in [3.8, 4) is 0 Å². The van der Waals surface area contributed by atoms with Gasteiger partial charge in [-0.05, 0) is 12.0 Å². The lowest BCUT2D eigenvalue weighted by atomic mass is 10.1. The average molecular weight is 307 g/mol. The number of benzene rings is 2. The maximum atomic E-state index is 12.4. The number of allylic oxidation sites excluding steroid dienone is 1. The molecule has 23 heavy (non-hydrogen) atoms. The van der Waals surface area contributed by atoms with E-state index in [0.29, 0.717) is 5.56 Å². The molecular formula is C21H25NO. The first-order valence-corrected chi connectivity index (χ1v) is 8.41. The Morgan fingerprint density at radius 3 is 2.09 bits per heavy atom. The van der Waals surface area contributed by atoms with E-state index < -0.39 is 0 Å². The maximum absolute atomic E-state index is 12.4. The lowest BCUT2D eigenvalue weighted by Crippen LogP contribution is -2.15. The summed E-state index contributed by atoms with van der Waals surface area (Å²) in [5.41, 5.74) is 2.66. The monoisotopic (exact) mass is 307 g/mol. The molecule has 0 amide bonds. The molecule has 0 aliphatic rings. The minimum atomic E-state index is 0.0329. The largest absolute Gasteiger partial charge is 0.384 e. The molecule has 0 heterocycles. The minimum absolute atomic E-state index is 0.0329. The fourth-order valence-corrected chi connectivity index (χ4v) is 2.45. The van der Waals surface area contributed by atoms with E-state index in [0.717, 1.165) is 24.2 Å². The lowest BCUT2D eigenvalue weighted by molar-refractivity contribution is 0.104. The van der Waals surface area contributed by atoms with Crippen LogP contribution in [0.3, 0.4) is 0 Å². The third kappa shape index (κ3) is 5.74. The van der Waals surface area contributed by atoms with E-state index in [1.807, 2.05) is 60.7 Å². The summed E-state index contributed by atoms with van der Waals surface area (Å²) >= 11 is 0. The van der Waals surface area contributed by atoms with Crippen LogP contribution in [0.4, 0.5) is 0 Å². The third-order valence-corrected chi connectivity index (χ3v) is 3.76. The van der Waals surface area contributed by atoms with Crippen LogP contribution in [0.2, 0.25) is 0 Å². The molecule has 2 aromatic rings. The summed E-state index contributed by atoms with van der Waals surface area (Å²) in [5, 5.41) is 3.44. The van der Waals surface area contributed by atoms with Gasteiger partial charge in [-0.1, -0.05) is 86.8 Å². The van der Waals surface area contributed by atoms with E-state index in [1.165, 1.54) is 19.3 Å². The van der Waals surface area contributed by atoms with Gasteiger partial charge in [0, 0.05) is 23.9 Å². The SMILES string of the molecule is CCCCCCN/C(=C\C(=O)c1ccccc1)c1ccccc1. The van der Waals surface area contributed by atoms with E-state index in [-0.39, 0.29) is 5.78 Å². The Hall–Kier alpha value is -2.35. The molecule has 0 spiro atoms. The van der Waals surface area contributed by atoms with Crippen LogP contribution in [-0.2, 0) is 0 Å². The molecule has 1 N–H and O–H groups in total. The van der Waals surface area contributed by atoms with Crippen LogP contribution in [0.1, 0.15) is 48.5 Å². The van der Waals surface area contributed by atoms with Gasteiger partial charge in [-0.3, -0.25) is 4.79 Å². The Bertz CT molecular complexity index is 617. The Balaban J connectivity index is 2.10. The number of hydrogen-bond acceptors (Lipinski definition) is 2. The molecule has 0 aromatic heterocycles. The topological polar surface area (TPSA) is 29.1 Å². The molecule has 2 aromatic carbocycles. The van der Waals surface area contributed by atoms with Crippen molar-refractivity contribution in [1.82, 2.24) is 5.32 Å². The van der Waals surface area contributed by atoms with Gasteiger partial charge in [-0.2, -0.15) is 0 Å². The van der Waals surface area contributed by atoms with Crippen molar-refractivity contribution in [1.29, 1.82) is 0 Å². The van der Waals surface area contributed by atoms with Crippen molar-refractivity contribution in [2.24, 2.45) is 0 Å². The molecule has 0 atom stereocenters. The summed E-state index contributed by atoms with van der Waals surface area (Å²) in [7, 11) is 0. The van der Waals surface area contributed by atoms with Gasteiger partial charge in [-0.25, -0.2) is 0 Å². The van der Waals surface area contributed by atoms with Crippen LogP contribution in [0.15, 0.2) is 66.7 Å². The van der Waals surface area contributed by atoms with Crippen molar-refractivity contribution >= 4 is 11.5 Å². The number of carbonyl (C=O) groups excluding carboxylic acids is 1. The van der Waals surface area contributed by atoms with Crippen LogP contribution in [0, 0.1) is 0 Å². The highest BCUT2D eigenvalue weighted by Crippen LogP contribution is 2.13. The van der Waals surface area contributed by atoms with Gasteiger partial charge in [0.1, 0.15) is 0 Å². The summed E-state index contributed by atoms with van der Waals surface area (Å²) in [6, 6.07) is 19.4. The average Bonchev–Trinajstić information content (AvgIpc) is 2.62. The summed E-state index contributed by atoms with van der Waals surface area (Å²) in [6.07, 6.45) is 6.54. The molecule has 0 unspecified atom stereocenters. The maximum Gasteiger partial charge on any atom is 0.187 e. The van der Waals surface area contributed by atoms with Crippen molar-refractivity contribution in [3.05, 3.63) is 77.9 Å². The van der Waals surface area contributed by atoms with E-state index in [1.54, 1.807) is 6.08 Å². The first-order chi connectivity index (χ1) is 11.3. The molecule has 2 heteroatoms. The summed E-state index contributed by atoms with van der Waals surface area (Å²) in [4.78, 5) is 12.4. The second-order valence-corrected chi connectivity index (χ2v) is 5.64. The van der Waals surface area contributed by atoms with Crippen LogP contribution in [0.5, 0.6) is 0 Å². The quantitative estimate of drug-likeness (QED) is 0.397. The Morgan fingerprint density at radius 1 is 0.870 bits per heavy atom. The van der Waals surface area contributed by atoms with Crippen molar-refractivity contribution < 1.29 is 4.79 Å². The van der Waals surface area contributed by atoms with Gasteiger partial charge in [0.25, 0.3) is 0 Å². The van der Waals surface area contributed by atoms with E-state index in [9.17, 15) is 4.79 Å². The fraction of sp³-hybridized carbons (Fsp3) is 0.286. The third-order valence-electron chi connectivity index (χ3n) is 3.76. The highest BCUT2D eigenvalue weighted by Gasteiger charge is 2.06. The van der Waals surface area contributed by atoms with E-state index >= 15 is 0 Å². The number of ketones is 1. The molecule has 2 nitrogen and oxygen atoms in total. The molecule has 120 valence electrons. The van der Waals surface area contributed by atoms with Gasteiger partial charge in [0.2, 0.25) is 0 Å². The molecular weight excluding hydrogens is 282 g/mol. The highest BCUT2D eigenvalue weighted by molar-refractivity contribution is 6.08. The fourth-order valence-electron chi connectivity index (χ4n) is 2.45. The zero-order valence-corrected chi connectivity index (χ0v) is 13.8. The Kier molecular flexibility index (Phi) is 7.12. The normalized spacial score (nSPS) is 11.3. The summed E-state index contributed by atoms with van der Waals surface area (Å²) < 4.78 is 0. The first-order valence-electron chi connectivity index (χ1n) is 8.41. The number of nitrogens with one attached hydrogen (secondary N) is 1. The van der Waals surface area contributed by atoms with E-state index in [4.69, 9.17) is 0 Å². The molecule has 0 radical (unpaired) electrons. The molecule has 0 fully saturated rings. The van der Waals surface area contributed by atoms with Crippen molar-refractivity contribution in [2.75, 3.05) is 6.54 Å². The van der Waals surface area contributed by atoms with Crippen molar-refractivity contribution in [2.45, 2.75) is 32.6 Å². The minimum Gasteiger partial charge on any atom is -0.384 e. The smallest absolute Gasteiger partial charge is 0.187 e. The number of hydrogen-bond donors (Lipinski definition) is 1. The van der Waals surface area contributed by atoms with Gasteiger partial charge >= 0.3 is 0 Å². The number of unbranched alkanes of at least 4 members (excludes halogenated alkanes) is 3. The van der Waals surface area contributed by atoms with E-state index in [2.05, 4.69) is 12.2 Å². The van der Waals surface area contributed by atoms with Crippen molar-refractivity contribution in [3.63, 3.8) is 0 Å². The predicted molar refractivity (Wildman–Crippen MR) is 97.3 cm³/mol. The van der Waals surface area contributed by atoms with Gasteiger partial charge in [-0.15, -0.1) is 0 Å². The highest BCUT2D eigenvalue weighted by atomic mass is 16.1. The van der Waals surface area contributed by atoms with Gasteiger partial charge in [0.05, 0.1) is 0 Å². The zero-order chi connectivity index (χ0) is 16.3. The second kappa shape index (κ2) is 9.62. The number of carbonyl (C=O) groups is 1. The Labute approximate surface area is 139 Å². The number of rotatable bonds is 9. The van der Waals surface area contributed by atoms with Crippen LogP contribution in [0.25, 0.3) is 5.70 Å². The van der Waals surface area contributed by atoms with Gasteiger partial charge in [0.15, 0.2) is 5.78 Å². The lowest BCUT2D eigenvalue weighted by Gasteiger charge is -2.11. The van der Waals surface area contributed by atoms with Crippen LogP contribution >= 0.6 is 0 Å². The molecule has 0 saturated heterocycles. The Morgan fingerprint density at radius 2 is 1.48 bits per heavy atom. The summed E-state index contributed by atoms with van der Waals surface area (Å²) in [5.74, 6) is 0.0329. The molecule has 0 saturated carbocycles. The molecule has 0 aliphatic heterocycles. The van der Waals surface area contributed by atoms with Gasteiger partial charge < -0.3 is 5.32 Å². The molecule has 0 bridgehead atoms. The van der Waals surface area contributed by atoms with Crippen LogP contribution in [-0.4, -0.2) is 12.3 Å². The zero-order valence-electron chi connectivity index (χ0n) is 13.8.